The lowest BCUT2D eigenvalue weighted by atomic mass is 10.2. The van der Waals surface area contributed by atoms with Crippen LogP contribution in [0.4, 0.5) is 0 Å². The van der Waals surface area contributed by atoms with Gasteiger partial charge in [0.1, 0.15) is 16.2 Å². The van der Waals surface area contributed by atoms with Crippen molar-refractivity contribution in [2.45, 2.75) is 44.4 Å². The Bertz CT molecular complexity index is 774. The molecule has 0 atom stereocenters. The molecule has 0 saturated heterocycles. The van der Waals surface area contributed by atoms with Gasteiger partial charge < -0.3 is 0 Å². The number of thiophene rings is 1. The van der Waals surface area contributed by atoms with E-state index in [-0.39, 0.29) is 0 Å². The van der Waals surface area contributed by atoms with Gasteiger partial charge in [-0.1, -0.05) is 25.6 Å². The molecule has 0 radical (unpaired) electrons. The van der Waals surface area contributed by atoms with E-state index in [2.05, 4.69) is 48.0 Å². The fourth-order valence-electron chi connectivity index (χ4n) is 2.06. The highest BCUT2D eigenvalue weighted by Gasteiger charge is 2.13. The Labute approximate surface area is 136 Å². The second-order valence-corrected chi connectivity index (χ2v) is 8.32. The number of fused-ring (bicyclic) bond motifs is 1. The molecule has 3 heterocycles. The molecular weight excluding hydrogens is 318 g/mol. The van der Waals surface area contributed by atoms with E-state index in [0.717, 1.165) is 21.3 Å². The number of thiazole rings is 1. The van der Waals surface area contributed by atoms with E-state index in [0.29, 0.717) is 5.92 Å². The first-order valence-electron chi connectivity index (χ1n) is 6.84. The number of hydrogen-bond acceptors (Lipinski definition) is 6. The van der Waals surface area contributed by atoms with E-state index in [9.17, 15) is 0 Å². The maximum atomic E-state index is 4.69. The summed E-state index contributed by atoms with van der Waals surface area (Å²) in [6.45, 7) is 8.66. The Kier molecular flexibility index (Phi) is 4.28. The predicted molar refractivity (Wildman–Crippen MR) is 92.7 cm³/mol. The maximum absolute atomic E-state index is 4.69. The second kappa shape index (κ2) is 6.02. The van der Waals surface area contributed by atoms with Gasteiger partial charge in [0.05, 0.1) is 10.7 Å². The number of hydrogen-bond donors (Lipinski definition) is 0. The van der Waals surface area contributed by atoms with Crippen LogP contribution in [0.1, 0.15) is 40.9 Å². The summed E-state index contributed by atoms with van der Waals surface area (Å²) in [7, 11) is 0. The highest BCUT2D eigenvalue weighted by molar-refractivity contribution is 7.98. The minimum absolute atomic E-state index is 0.501. The van der Waals surface area contributed by atoms with Crippen LogP contribution in [0.3, 0.4) is 0 Å². The lowest BCUT2D eigenvalue weighted by molar-refractivity contribution is 0.846. The van der Waals surface area contributed by atoms with Crippen LogP contribution >= 0.6 is 34.4 Å². The first-order valence-corrected chi connectivity index (χ1v) is 9.52. The van der Waals surface area contributed by atoms with Crippen molar-refractivity contribution < 1.29 is 0 Å². The van der Waals surface area contributed by atoms with Crippen LogP contribution in [0.25, 0.3) is 10.2 Å². The van der Waals surface area contributed by atoms with Gasteiger partial charge in [0.15, 0.2) is 0 Å². The van der Waals surface area contributed by atoms with E-state index in [1.807, 2.05) is 0 Å². The van der Waals surface area contributed by atoms with E-state index in [1.165, 1.54) is 20.8 Å². The zero-order valence-electron chi connectivity index (χ0n) is 12.5. The first kappa shape index (κ1) is 14.9. The Morgan fingerprint density at radius 3 is 2.76 bits per heavy atom. The highest BCUT2D eigenvalue weighted by atomic mass is 32.2. The molecule has 0 aliphatic carbocycles. The van der Waals surface area contributed by atoms with Crippen molar-refractivity contribution in [2.24, 2.45) is 0 Å². The molecule has 0 amide bonds. The average molecular weight is 336 g/mol. The number of aryl methyl sites for hydroxylation is 2. The summed E-state index contributed by atoms with van der Waals surface area (Å²) in [6, 6.07) is 0. The highest BCUT2D eigenvalue weighted by Crippen LogP contribution is 2.35. The normalized spacial score (nSPS) is 11.7. The lowest BCUT2D eigenvalue weighted by Gasteiger charge is -2.02. The summed E-state index contributed by atoms with van der Waals surface area (Å²) < 4.78 is 0. The average Bonchev–Trinajstić information content (AvgIpc) is 3.03. The van der Waals surface area contributed by atoms with Gasteiger partial charge in [0.25, 0.3) is 0 Å². The van der Waals surface area contributed by atoms with Crippen LogP contribution < -0.4 is 0 Å². The van der Waals surface area contributed by atoms with Crippen molar-refractivity contribution in [2.75, 3.05) is 0 Å². The van der Waals surface area contributed by atoms with E-state index in [1.54, 1.807) is 40.8 Å². The standard InChI is InChI=1S/C15H17N3S3/c1-8(2)13-18-11(5-19-13)6-20-14-12-9(3)10(4)21-15(12)17-7-16-14/h5,7-8H,6H2,1-4H3. The van der Waals surface area contributed by atoms with Crippen LogP contribution in [0.2, 0.25) is 0 Å². The van der Waals surface area contributed by atoms with Crippen LogP contribution in [-0.4, -0.2) is 15.0 Å². The Hall–Kier alpha value is -0.980. The molecule has 3 aromatic heterocycles. The molecule has 0 fully saturated rings. The quantitative estimate of drug-likeness (QED) is 0.486. The van der Waals surface area contributed by atoms with Crippen molar-refractivity contribution in [3.63, 3.8) is 0 Å². The van der Waals surface area contributed by atoms with Gasteiger partial charge in [0.2, 0.25) is 0 Å². The summed E-state index contributed by atoms with van der Waals surface area (Å²) in [5.74, 6) is 1.37. The minimum Gasteiger partial charge on any atom is -0.245 e. The zero-order chi connectivity index (χ0) is 15.0. The monoisotopic (exact) mass is 335 g/mol. The molecule has 0 saturated carbocycles. The number of thioether (sulfide) groups is 1. The van der Waals surface area contributed by atoms with Crippen LogP contribution in [0.15, 0.2) is 16.7 Å². The molecule has 110 valence electrons. The molecule has 3 aromatic rings. The summed E-state index contributed by atoms with van der Waals surface area (Å²) >= 11 is 5.25. The fourth-order valence-corrected chi connectivity index (χ4v) is 5.01. The van der Waals surface area contributed by atoms with Gasteiger partial charge in [-0.05, 0) is 19.4 Å². The molecule has 3 nitrogen and oxygen atoms in total. The Morgan fingerprint density at radius 2 is 2.05 bits per heavy atom. The van der Waals surface area contributed by atoms with Gasteiger partial charge in [0, 0.05) is 27.3 Å². The molecular formula is C15H17N3S3. The Balaban J connectivity index is 1.84. The van der Waals surface area contributed by atoms with Crippen LogP contribution in [0, 0.1) is 13.8 Å². The third-order valence-corrected chi connectivity index (χ3v) is 6.68. The second-order valence-electron chi connectivity index (χ2n) is 5.26. The summed E-state index contributed by atoms with van der Waals surface area (Å²) in [4.78, 5) is 16.0. The molecule has 6 heteroatoms. The minimum atomic E-state index is 0.501. The largest absolute Gasteiger partial charge is 0.245 e. The van der Waals surface area contributed by atoms with Gasteiger partial charge in [-0.25, -0.2) is 15.0 Å². The van der Waals surface area contributed by atoms with Crippen molar-refractivity contribution in [3.05, 3.63) is 32.8 Å². The molecule has 21 heavy (non-hydrogen) atoms. The molecule has 3 rings (SSSR count). The van der Waals surface area contributed by atoms with E-state index >= 15 is 0 Å². The molecule has 0 bridgehead atoms. The van der Waals surface area contributed by atoms with Crippen LogP contribution in [0.5, 0.6) is 0 Å². The van der Waals surface area contributed by atoms with Crippen molar-refractivity contribution in [1.82, 2.24) is 15.0 Å². The van der Waals surface area contributed by atoms with Gasteiger partial charge in [-0.3, -0.25) is 0 Å². The molecule has 0 aliphatic rings. The molecule has 0 spiro atoms. The van der Waals surface area contributed by atoms with E-state index < -0.39 is 0 Å². The molecule has 0 aliphatic heterocycles. The Morgan fingerprint density at radius 1 is 1.24 bits per heavy atom. The maximum Gasteiger partial charge on any atom is 0.128 e. The van der Waals surface area contributed by atoms with Gasteiger partial charge >= 0.3 is 0 Å². The number of rotatable bonds is 4. The summed E-state index contributed by atoms with van der Waals surface area (Å²) in [5, 5.41) is 5.65. The molecule has 0 unspecified atom stereocenters. The zero-order valence-corrected chi connectivity index (χ0v) is 15.0. The topological polar surface area (TPSA) is 38.7 Å². The van der Waals surface area contributed by atoms with Crippen LogP contribution in [-0.2, 0) is 5.75 Å². The third kappa shape index (κ3) is 2.98. The number of nitrogens with zero attached hydrogens (tertiary/aromatic N) is 3. The third-order valence-electron chi connectivity index (χ3n) is 3.35. The van der Waals surface area contributed by atoms with Crippen molar-refractivity contribution >= 4 is 44.7 Å². The summed E-state index contributed by atoms with van der Waals surface area (Å²) in [6.07, 6.45) is 1.67. The first-order chi connectivity index (χ1) is 10.1. The lowest BCUT2D eigenvalue weighted by Crippen LogP contribution is -1.89. The molecule has 0 aromatic carbocycles. The molecule has 0 N–H and O–H groups in total. The van der Waals surface area contributed by atoms with Crippen molar-refractivity contribution in [1.29, 1.82) is 0 Å². The SMILES string of the molecule is Cc1sc2ncnc(SCc3csc(C(C)C)n3)c2c1C. The predicted octanol–water partition coefficient (Wildman–Crippen LogP) is 5.18. The van der Waals surface area contributed by atoms with Gasteiger partial charge in [-0.15, -0.1) is 22.7 Å². The number of aromatic nitrogens is 3. The smallest absolute Gasteiger partial charge is 0.128 e. The van der Waals surface area contributed by atoms with Gasteiger partial charge in [-0.2, -0.15) is 0 Å². The summed E-state index contributed by atoms with van der Waals surface area (Å²) in [5.41, 5.74) is 2.45. The fraction of sp³-hybridized carbons (Fsp3) is 0.400. The van der Waals surface area contributed by atoms with Crippen molar-refractivity contribution in [3.8, 4) is 0 Å². The van der Waals surface area contributed by atoms with E-state index in [4.69, 9.17) is 0 Å².